The van der Waals surface area contributed by atoms with Crippen molar-refractivity contribution in [2.24, 2.45) is 0 Å². The zero-order chi connectivity index (χ0) is 19.7. The molecule has 0 aliphatic carbocycles. The van der Waals surface area contributed by atoms with Crippen LogP contribution in [0.15, 0.2) is 18.2 Å². The number of benzene rings is 1. The van der Waals surface area contributed by atoms with E-state index in [9.17, 15) is 14.4 Å². The van der Waals surface area contributed by atoms with Crippen molar-refractivity contribution in [2.75, 3.05) is 20.2 Å². The number of ether oxygens (including phenoxy) is 1. The highest BCUT2D eigenvalue weighted by Crippen LogP contribution is 2.28. The number of carbonyl (C=O) groups excluding carboxylic acids is 3. The molecule has 0 radical (unpaired) electrons. The summed E-state index contributed by atoms with van der Waals surface area (Å²) in [6, 6.07) is 5.66. The van der Waals surface area contributed by atoms with E-state index in [-0.39, 0.29) is 30.2 Å². The molecule has 3 aliphatic heterocycles. The molecule has 3 N–H and O–H groups in total. The maximum absolute atomic E-state index is 12.9. The normalized spacial score (nSPS) is 27.7. The lowest BCUT2D eigenvalue weighted by molar-refractivity contribution is -0.136. The minimum atomic E-state index is -0.571. The van der Waals surface area contributed by atoms with Gasteiger partial charge in [-0.05, 0) is 30.0 Å². The minimum Gasteiger partial charge on any atom is -0.380 e. The standard InChI is InChI=1S/C20H26N4O4/c1-28-15-7-14(9-21-10-15)22-8-12-2-3-13-11-24(20(27)16(13)6-12)17-4-5-18(25)23-19(17)26/h2-3,6,14-15,17,21-22H,4-5,7-11H2,1H3,(H,23,25,26)/t14-,15+,17?/m1/s1. The number of hydrogen-bond donors (Lipinski definition) is 3. The van der Waals surface area contributed by atoms with Crippen LogP contribution >= 0.6 is 0 Å². The molecule has 0 aromatic heterocycles. The quantitative estimate of drug-likeness (QED) is 0.612. The molecular weight excluding hydrogens is 360 g/mol. The van der Waals surface area contributed by atoms with Gasteiger partial charge in [0.15, 0.2) is 0 Å². The largest absolute Gasteiger partial charge is 0.380 e. The van der Waals surface area contributed by atoms with E-state index in [1.165, 1.54) is 0 Å². The number of imide groups is 1. The van der Waals surface area contributed by atoms with Crippen molar-refractivity contribution in [1.29, 1.82) is 0 Å². The second-order valence-corrected chi connectivity index (χ2v) is 7.72. The Morgan fingerprint density at radius 2 is 2.11 bits per heavy atom. The number of fused-ring (bicyclic) bond motifs is 1. The van der Waals surface area contributed by atoms with E-state index in [1.54, 1.807) is 12.0 Å². The first-order valence-corrected chi connectivity index (χ1v) is 9.78. The molecule has 3 aliphatic rings. The van der Waals surface area contributed by atoms with E-state index >= 15 is 0 Å². The monoisotopic (exact) mass is 386 g/mol. The topological polar surface area (TPSA) is 99.8 Å². The highest BCUT2D eigenvalue weighted by Gasteiger charge is 2.39. The Balaban J connectivity index is 1.40. The summed E-state index contributed by atoms with van der Waals surface area (Å²) in [5, 5.41) is 9.22. The minimum absolute atomic E-state index is 0.134. The van der Waals surface area contributed by atoms with Crippen molar-refractivity contribution in [3.05, 3.63) is 34.9 Å². The van der Waals surface area contributed by atoms with Crippen LogP contribution in [0.25, 0.3) is 0 Å². The van der Waals surface area contributed by atoms with Crippen molar-refractivity contribution in [1.82, 2.24) is 20.9 Å². The maximum Gasteiger partial charge on any atom is 0.255 e. The molecule has 150 valence electrons. The molecule has 3 atom stereocenters. The van der Waals surface area contributed by atoms with E-state index in [0.29, 0.717) is 31.1 Å². The summed E-state index contributed by atoms with van der Waals surface area (Å²) in [4.78, 5) is 38.0. The second-order valence-electron chi connectivity index (χ2n) is 7.72. The number of methoxy groups -OCH3 is 1. The van der Waals surface area contributed by atoms with Crippen molar-refractivity contribution in [3.63, 3.8) is 0 Å². The Hall–Kier alpha value is -2.29. The average Bonchev–Trinajstić information content (AvgIpc) is 3.02. The molecule has 8 nitrogen and oxygen atoms in total. The van der Waals surface area contributed by atoms with Crippen molar-refractivity contribution < 1.29 is 19.1 Å². The third-order valence-electron chi connectivity index (χ3n) is 5.83. The highest BCUT2D eigenvalue weighted by molar-refractivity contribution is 6.05. The van der Waals surface area contributed by atoms with Gasteiger partial charge in [0.1, 0.15) is 6.04 Å². The molecule has 1 aromatic carbocycles. The lowest BCUT2D eigenvalue weighted by Crippen LogP contribution is -2.52. The first-order chi connectivity index (χ1) is 13.5. The van der Waals surface area contributed by atoms with Crippen LogP contribution in [0.3, 0.4) is 0 Å². The molecule has 0 spiro atoms. The number of nitrogens with one attached hydrogen (secondary N) is 3. The van der Waals surface area contributed by atoms with Gasteiger partial charge in [0.25, 0.3) is 5.91 Å². The van der Waals surface area contributed by atoms with Crippen LogP contribution in [0, 0.1) is 0 Å². The van der Waals surface area contributed by atoms with Gasteiger partial charge in [-0.15, -0.1) is 0 Å². The number of nitrogens with zero attached hydrogens (tertiary/aromatic N) is 1. The number of piperidine rings is 2. The Labute approximate surface area is 164 Å². The molecule has 3 amide bonds. The molecule has 1 aromatic rings. The Morgan fingerprint density at radius 3 is 2.89 bits per heavy atom. The van der Waals surface area contributed by atoms with Crippen LogP contribution in [0.2, 0.25) is 0 Å². The molecule has 2 saturated heterocycles. The molecule has 8 heteroatoms. The molecular formula is C20H26N4O4. The van der Waals surface area contributed by atoms with Crippen LogP contribution in [0.4, 0.5) is 0 Å². The molecule has 0 saturated carbocycles. The predicted molar refractivity (Wildman–Crippen MR) is 101 cm³/mol. The second kappa shape index (κ2) is 7.98. The molecule has 28 heavy (non-hydrogen) atoms. The van der Waals surface area contributed by atoms with E-state index < -0.39 is 6.04 Å². The van der Waals surface area contributed by atoms with Crippen LogP contribution in [-0.2, 0) is 27.4 Å². The molecule has 3 heterocycles. The van der Waals surface area contributed by atoms with E-state index in [2.05, 4.69) is 16.0 Å². The number of amides is 3. The van der Waals surface area contributed by atoms with Crippen molar-refractivity contribution >= 4 is 17.7 Å². The first-order valence-electron chi connectivity index (χ1n) is 9.78. The van der Waals surface area contributed by atoms with Crippen LogP contribution in [0.5, 0.6) is 0 Å². The summed E-state index contributed by atoms with van der Waals surface area (Å²) >= 11 is 0. The van der Waals surface area contributed by atoms with E-state index in [4.69, 9.17) is 4.74 Å². The summed E-state index contributed by atoms with van der Waals surface area (Å²) in [6.07, 6.45) is 1.82. The molecule has 0 bridgehead atoms. The van der Waals surface area contributed by atoms with Gasteiger partial charge in [0.05, 0.1) is 6.10 Å². The predicted octanol–water partition coefficient (Wildman–Crippen LogP) is -0.0859. The first kappa shape index (κ1) is 19.0. The highest BCUT2D eigenvalue weighted by atomic mass is 16.5. The summed E-state index contributed by atoms with van der Waals surface area (Å²) in [5.41, 5.74) is 2.62. The Bertz CT molecular complexity index is 796. The van der Waals surface area contributed by atoms with Gasteiger partial charge >= 0.3 is 0 Å². The maximum atomic E-state index is 12.9. The number of carbonyl (C=O) groups is 3. The third-order valence-corrected chi connectivity index (χ3v) is 5.83. The lowest BCUT2D eigenvalue weighted by atomic mass is 10.0. The van der Waals surface area contributed by atoms with Gasteiger partial charge in [0.2, 0.25) is 11.8 Å². The fraction of sp³-hybridized carbons (Fsp3) is 0.550. The summed E-state index contributed by atoms with van der Waals surface area (Å²) < 4.78 is 5.43. The van der Waals surface area contributed by atoms with Gasteiger partial charge in [-0.2, -0.15) is 0 Å². The Kier molecular flexibility index (Phi) is 5.43. The summed E-state index contributed by atoms with van der Waals surface area (Å²) in [6.45, 7) is 2.85. The Morgan fingerprint density at radius 1 is 1.25 bits per heavy atom. The van der Waals surface area contributed by atoms with E-state index in [1.807, 2.05) is 18.2 Å². The van der Waals surface area contributed by atoms with Crippen LogP contribution in [-0.4, -0.2) is 61.0 Å². The molecule has 4 rings (SSSR count). The molecule has 1 unspecified atom stereocenters. The number of rotatable bonds is 5. The molecule has 2 fully saturated rings. The lowest BCUT2D eigenvalue weighted by Gasteiger charge is -2.29. The SMILES string of the molecule is CO[C@@H]1CNC[C@H](NCc2ccc3c(c2)C(=O)N(C2CCC(=O)NC2=O)C3)C1. The van der Waals surface area contributed by atoms with Gasteiger partial charge in [-0.25, -0.2) is 0 Å². The van der Waals surface area contributed by atoms with Crippen molar-refractivity contribution in [3.8, 4) is 0 Å². The van der Waals surface area contributed by atoms with Gasteiger partial charge in [-0.3, -0.25) is 19.7 Å². The fourth-order valence-electron chi connectivity index (χ4n) is 4.21. The average molecular weight is 386 g/mol. The van der Waals surface area contributed by atoms with Gasteiger partial charge in [-0.1, -0.05) is 12.1 Å². The third kappa shape index (κ3) is 3.80. The fourth-order valence-corrected chi connectivity index (χ4v) is 4.21. The zero-order valence-corrected chi connectivity index (χ0v) is 16.0. The van der Waals surface area contributed by atoms with Crippen LogP contribution < -0.4 is 16.0 Å². The summed E-state index contributed by atoms with van der Waals surface area (Å²) in [7, 11) is 1.73. The zero-order valence-electron chi connectivity index (χ0n) is 16.0. The smallest absolute Gasteiger partial charge is 0.255 e. The van der Waals surface area contributed by atoms with Crippen LogP contribution in [0.1, 0.15) is 40.7 Å². The van der Waals surface area contributed by atoms with Crippen molar-refractivity contribution in [2.45, 2.75) is 50.5 Å². The number of hydrogen-bond acceptors (Lipinski definition) is 6. The van der Waals surface area contributed by atoms with Gasteiger partial charge in [0, 0.05) is 51.3 Å². The van der Waals surface area contributed by atoms with E-state index in [0.717, 1.165) is 30.6 Å². The van der Waals surface area contributed by atoms with Gasteiger partial charge < -0.3 is 20.3 Å². The summed E-state index contributed by atoms with van der Waals surface area (Å²) in [5.74, 6) is -0.784.